The first-order valence-electron chi connectivity index (χ1n) is 7.78. The van der Waals surface area contributed by atoms with E-state index in [1.165, 1.54) is 64.5 Å². The summed E-state index contributed by atoms with van der Waals surface area (Å²) in [6, 6.07) is 1.76. The van der Waals surface area contributed by atoms with Gasteiger partial charge in [-0.1, -0.05) is 12.8 Å². The highest BCUT2D eigenvalue weighted by molar-refractivity contribution is 4.91. The molecule has 3 rings (SSSR count). The van der Waals surface area contributed by atoms with Crippen molar-refractivity contribution in [3.05, 3.63) is 0 Å². The molecule has 0 aromatic rings. The van der Waals surface area contributed by atoms with Crippen LogP contribution >= 0.6 is 0 Å². The van der Waals surface area contributed by atoms with Crippen molar-refractivity contribution in [1.29, 1.82) is 0 Å². The molecule has 2 unspecified atom stereocenters. The maximum atomic E-state index is 3.56. The van der Waals surface area contributed by atoms with Gasteiger partial charge in [-0.3, -0.25) is 4.90 Å². The Morgan fingerprint density at radius 2 is 1.71 bits per heavy atom. The molecular formula is C15H28N2. The SMILES string of the molecule is CNC1CCCCC1CN(CC1CC1)C1CC1. The van der Waals surface area contributed by atoms with Gasteiger partial charge in [-0.05, 0) is 57.4 Å². The van der Waals surface area contributed by atoms with Crippen LogP contribution in [0.1, 0.15) is 51.4 Å². The lowest BCUT2D eigenvalue weighted by molar-refractivity contribution is 0.160. The largest absolute Gasteiger partial charge is 0.317 e. The lowest BCUT2D eigenvalue weighted by Gasteiger charge is -2.35. The monoisotopic (exact) mass is 236 g/mol. The highest BCUT2D eigenvalue weighted by atomic mass is 15.2. The Hall–Kier alpha value is -0.0800. The Morgan fingerprint density at radius 1 is 0.941 bits per heavy atom. The van der Waals surface area contributed by atoms with Gasteiger partial charge < -0.3 is 5.32 Å². The fourth-order valence-electron chi connectivity index (χ4n) is 3.55. The molecule has 3 aliphatic carbocycles. The van der Waals surface area contributed by atoms with Crippen LogP contribution in [0.25, 0.3) is 0 Å². The lowest BCUT2D eigenvalue weighted by Crippen LogP contribution is -2.44. The normalized spacial score (nSPS) is 34.2. The number of nitrogens with one attached hydrogen (secondary N) is 1. The number of hydrogen-bond acceptors (Lipinski definition) is 2. The van der Waals surface area contributed by atoms with Crippen LogP contribution in [0.2, 0.25) is 0 Å². The van der Waals surface area contributed by atoms with E-state index in [2.05, 4.69) is 17.3 Å². The van der Waals surface area contributed by atoms with Gasteiger partial charge in [0.25, 0.3) is 0 Å². The molecule has 0 bridgehead atoms. The minimum Gasteiger partial charge on any atom is -0.317 e. The molecule has 1 N–H and O–H groups in total. The van der Waals surface area contributed by atoms with Gasteiger partial charge in [0, 0.05) is 25.2 Å². The van der Waals surface area contributed by atoms with E-state index in [4.69, 9.17) is 0 Å². The van der Waals surface area contributed by atoms with Crippen LogP contribution < -0.4 is 5.32 Å². The van der Waals surface area contributed by atoms with Gasteiger partial charge in [0.15, 0.2) is 0 Å². The summed E-state index contributed by atoms with van der Waals surface area (Å²) in [6.07, 6.45) is 11.7. The molecule has 0 spiro atoms. The Bertz CT molecular complexity index is 245. The van der Waals surface area contributed by atoms with Gasteiger partial charge in [0.1, 0.15) is 0 Å². The first-order chi connectivity index (χ1) is 8.36. The molecule has 2 heteroatoms. The van der Waals surface area contributed by atoms with Gasteiger partial charge in [-0.15, -0.1) is 0 Å². The van der Waals surface area contributed by atoms with E-state index in [1.54, 1.807) is 0 Å². The summed E-state index contributed by atoms with van der Waals surface area (Å²) in [4.78, 5) is 2.85. The third-order valence-electron chi connectivity index (χ3n) is 5.00. The highest BCUT2D eigenvalue weighted by Crippen LogP contribution is 2.36. The molecule has 0 amide bonds. The zero-order chi connectivity index (χ0) is 11.7. The van der Waals surface area contributed by atoms with Crippen LogP contribution in [0.4, 0.5) is 0 Å². The van der Waals surface area contributed by atoms with Crippen LogP contribution in [0.3, 0.4) is 0 Å². The van der Waals surface area contributed by atoms with Gasteiger partial charge in [0.05, 0.1) is 0 Å². The molecule has 0 aromatic heterocycles. The maximum Gasteiger partial charge on any atom is 0.0104 e. The van der Waals surface area contributed by atoms with Gasteiger partial charge in [0.2, 0.25) is 0 Å². The Balaban J connectivity index is 1.53. The summed E-state index contributed by atoms with van der Waals surface area (Å²) in [7, 11) is 2.16. The van der Waals surface area contributed by atoms with E-state index in [-0.39, 0.29) is 0 Å². The molecule has 0 aromatic carbocycles. The average Bonchev–Trinajstić information content (AvgIpc) is 3.21. The molecule has 0 radical (unpaired) electrons. The molecule has 0 aliphatic heterocycles. The van der Waals surface area contributed by atoms with Crippen molar-refractivity contribution < 1.29 is 0 Å². The quantitative estimate of drug-likeness (QED) is 0.763. The third kappa shape index (κ3) is 3.23. The van der Waals surface area contributed by atoms with Crippen LogP contribution in [0, 0.1) is 11.8 Å². The molecule has 3 aliphatic rings. The van der Waals surface area contributed by atoms with Gasteiger partial charge in [-0.25, -0.2) is 0 Å². The maximum absolute atomic E-state index is 3.56. The third-order valence-corrected chi connectivity index (χ3v) is 5.00. The summed E-state index contributed by atoms with van der Waals surface area (Å²) in [5, 5.41) is 3.56. The minimum absolute atomic E-state index is 0.796. The molecule has 2 nitrogen and oxygen atoms in total. The molecular weight excluding hydrogens is 208 g/mol. The predicted molar refractivity (Wildman–Crippen MR) is 72.1 cm³/mol. The fourth-order valence-corrected chi connectivity index (χ4v) is 3.55. The summed E-state index contributed by atoms with van der Waals surface area (Å²) in [5.41, 5.74) is 0. The molecule has 2 atom stereocenters. The summed E-state index contributed by atoms with van der Waals surface area (Å²) >= 11 is 0. The summed E-state index contributed by atoms with van der Waals surface area (Å²) in [5.74, 6) is 1.99. The zero-order valence-corrected chi connectivity index (χ0v) is 11.3. The van der Waals surface area contributed by atoms with Gasteiger partial charge in [-0.2, -0.15) is 0 Å². The zero-order valence-electron chi connectivity index (χ0n) is 11.3. The Labute approximate surface area is 106 Å². The summed E-state index contributed by atoms with van der Waals surface area (Å²) < 4.78 is 0. The van der Waals surface area contributed by atoms with Crippen molar-refractivity contribution in [1.82, 2.24) is 10.2 Å². The second kappa shape index (κ2) is 5.27. The van der Waals surface area contributed by atoms with Crippen molar-refractivity contribution in [3.8, 4) is 0 Å². The predicted octanol–water partition coefficient (Wildman–Crippen LogP) is 2.64. The second-order valence-electron chi connectivity index (χ2n) is 6.57. The first kappa shape index (κ1) is 12.0. The van der Waals surface area contributed by atoms with Crippen molar-refractivity contribution in [2.75, 3.05) is 20.1 Å². The fraction of sp³-hybridized carbons (Fsp3) is 1.00. The van der Waals surface area contributed by atoms with E-state index in [1.807, 2.05) is 0 Å². The number of rotatable bonds is 6. The average molecular weight is 236 g/mol. The molecule has 0 heterocycles. The van der Waals surface area contributed by atoms with E-state index in [0.717, 1.165) is 23.9 Å². The van der Waals surface area contributed by atoms with Gasteiger partial charge >= 0.3 is 0 Å². The smallest absolute Gasteiger partial charge is 0.0104 e. The standard InChI is InChI=1S/C15H28N2/c1-16-15-5-3-2-4-13(15)11-17(14-8-9-14)10-12-6-7-12/h12-16H,2-11H2,1H3. The molecule has 3 fully saturated rings. The molecule has 17 heavy (non-hydrogen) atoms. The van der Waals surface area contributed by atoms with E-state index < -0.39 is 0 Å². The summed E-state index contributed by atoms with van der Waals surface area (Å²) in [6.45, 7) is 2.80. The minimum atomic E-state index is 0.796. The van der Waals surface area contributed by atoms with Crippen molar-refractivity contribution in [2.24, 2.45) is 11.8 Å². The topological polar surface area (TPSA) is 15.3 Å². The van der Waals surface area contributed by atoms with Crippen molar-refractivity contribution in [3.63, 3.8) is 0 Å². The molecule has 3 saturated carbocycles. The Morgan fingerprint density at radius 3 is 2.35 bits per heavy atom. The van der Waals surface area contributed by atoms with Crippen LogP contribution in [-0.2, 0) is 0 Å². The van der Waals surface area contributed by atoms with Crippen molar-refractivity contribution in [2.45, 2.75) is 63.5 Å². The molecule has 98 valence electrons. The van der Waals surface area contributed by atoms with E-state index in [9.17, 15) is 0 Å². The van der Waals surface area contributed by atoms with E-state index >= 15 is 0 Å². The van der Waals surface area contributed by atoms with Crippen LogP contribution in [0.15, 0.2) is 0 Å². The van der Waals surface area contributed by atoms with Crippen molar-refractivity contribution >= 4 is 0 Å². The second-order valence-corrected chi connectivity index (χ2v) is 6.57. The van der Waals surface area contributed by atoms with E-state index in [0.29, 0.717) is 0 Å². The van der Waals surface area contributed by atoms with Crippen LogP contribution in [0.5, 0.6) is 0 Å². The lowest BCUT2D eigenvalue weighted by atomic mass is 9.84. The number of hydrogen-bond donors (Lipinski definition) is 1. The highest BCUT2D eigenvalue weighted by Gasteiger charge is 2.36. The molecule has 0 saturated heterocycles. The Kier molecular flexibility index (Phi) is 3.72. The number of nitrogens with zero attached hydrogens (tertiary/aromatic N) is 1. The van der Waals surface area contributed by atoms with Crippen LogP contribution in [-0.4, -0.2) is 37.1 Å². The first-order valence-corrected chi connectivity index (χ1v) is 7.78.